The third-order valence-corrected chi connectivity index (χ3v) is 4.54. The average Bonchev–Trinajstić information content (AvgIpc) is 2.97. The number of imide groups is 1. The second kappa shape index (κ2) is 7.19. The molecule has 28 heavy (non-hydrogen) atoms. The van der Waals surface area contributed by atoms with Gasteiger partial charge in [0, 0.05) is 23.6 Å². The van der Waals surface area contributed by atoms with Crippen LogP contribution in [0.15, 0.2) is 36.4 Å². The zero-order valence-corrected chi connectivity index (χ0v) is 15.9. The standard InChI is InChI=1S/C21H19NO6/c1-11(23)13-5-7-16-15(9-13)19(21(26)22(16)12(2)24)20(25)14-6-8-17(27-3)18(10-14)28-4/h5-10,25H,1-4H3. The summed E-state index contributed by atoms with van der Waals surface area (Å²) >= 11 is 0. The molecule has 0 fully saturated rings. The van der Waals surface area contributed by atoms with E-state index in [-0.39, 0.29) is 17.1 Å². The molecule has 2 amide bonds. The van der Waals surface area contributed by atoms with Crippen LogP contribution < -0.4 is 14.4 Å². The first kappa shape index (κ1) is 19.2. The molecule has 0 aromatic heterocycles. The number of ether oxygens (including phenoxy) is 2. The molecular formula is C21H19NO6. The minimum atomic E-state index is -0.657. The van der Waals surface area contributed by atoms with Gasteiger partial charge < -0.3 is 14.6 Å². The van der Waals surface area contributed by atoms with Crippen molar-refractivity contribution in [3.05, 3.63) is 53.1 Å². The van der Waals surface area contributed by atoms with Crippen molar-refractivity contribution in [3.63, 3.8) is 0 Å². The summed E-state index contributed by atoms with van der Waals surface area (Å²) in [7, 11) is 2.94. The van der Waals surface area contributed by atoms with Crippen molar-refractivity contribution in [1.82, 2.24) is 0 Å². The number of ketones is 1. The number of carbonyl (C=O) groups excluding carboxylic acids is 3. The Morgan fingerprint density at radius 3 is 2.14 bits per heavy atom. The maximum absolute atomic E-state index is 12.9. The van der Waals surface area contributed by atoms with Gasteiger partial charge in [-0.15, -0.1) is 0 Å². The van der Waals surface area contributed by atoms with Gasteiger partial charge in [-0.2, -0.15) is 0 Å². The molecule has 0 spiro atoms. The number of hydrogen-bond acceptors (Lipinski definition) is 6. The van der Waals surface area contributed by atoms with Crippen molar-refractivity contribution in [2.24, 2.45) is 0 Å². The molecule has 7 heteroatoms. The maximum atomic E-state index is 12.9. The highest BCUT2D eigenvalue weighted by Gasteiger charge is 2.38. The molecule has 1 N–H and O–H groups in total. The predicted octanol–water partition coefficient (Wildman–Crippen LogP) is 3.23. The highest BCUT2D eigenvalue weighted by Crippen LogP contribution is 2.41. The Balaban J connectivity index is 2.26. The average molecular weight is 381 g/mol. The number of fused-ring (bicyclic) bond motifs is 1. The predicted molar refractivity (Wildman–Crippen MR) is 104 cm³/mol. The van der Waals surface area contributed by atoms with Crippen LogP contribution in [0.4, 0.5) is 5.69 Å². The van der Waals surface area contributed by atoms with E-state index in [2.05, 4.69) is 0 Å². The molecule has 7 nitrogen and oxygen atoms in total. The van der Waals surface area contributed by atoms with Crippen LogP contribution in [-0.2, 0) is 9.59 Å². The first-order valence-corrected chi connectivity index (χ1v) is 8.46. The van der Waals surface area contributed by atoms with E-state index in [1.165, 1.54) is 46.3 Å². The summed E-state index contributed by atoms with van der Waals surface area (Å²) in [5.74, 6) is -0.823. The summed E-state index contributed by atoms with van der Waals surface area (Å²) in [5.41, 5.74) is 1.27. The number of Topliss-reactive ketones (excluding diaryl/α,β-unsaturated/α-hetero) is 1. The van der Waals surface area contributed by atoms with Gasteiger partial charge in [0.05, 0.1) is 25.5 Å². The van der Waals surface area contributed by atoms with E-state index in [1.807, 2.05) is 0 Å². The molecule has 2 aromatic carbocycles. The molecule has 0 bridgehead atoms. The quantitative estimate of drug-likeness (QED) is 0.497. The van der Waals surface area contributed by atoms with Crippen LogP contribution in [0.1, 0.15) is 35.3 Å². The molecule has 0 atom stereocenters. The maximum Gasteiger partial charge on any atom is 0.269 e. The summed E-state index contributed by atoms with van der Waals surface area (Å²) in [5, 5.41) is 10.9. The molecule has 144 valence electrons. The molecule has 0 saturated carbocycles. The highest BCUT2D eigenvalue weighted by atomic mass is 16.5. The number of aliphatic hydroxyl groups is 1. The number of carbonyl (C=O) groups is 3. The Morgan fingerprint density at radius 2 is 1.57 bits per heavy atom. The third kappa shape index (κ3) is 3.00. The van der Waals surface area contributed by atoms with Gasteiger partial charge in [-0.25, -0.2) is 4.90 Å². The molecule has 1 aliphatic heterocycles. The summed E-state index contributed by atoms with van der Waals surface area (Å²) in [6.45, 7) is 2.66. The van der Waals surface area contributed by atoms with Gasteiger partial charge in [0.15, 0.2) is 17.3 Å². The van der Waals surface area contributed by atoms with E-state index in [0.29, 0.717) is 33.9 Å². The van der Waals surface area contributed by atoms with E-state index >= 15 is 0 Å². The highest BCUT2D eigenvalue weighted by molar-refractivity contribution is 6.42. The van der Waals surface area contributed by atoms with Gasteiger partial charge >= 0.3 is 0 Å². The first-order valence-electron chi connectivity index (χ1n) is 8.46. The number of hydrogen-bond donors (Lipinski definition) is 1. The second-order valence-electron chi connectivity index (χ2n) is 6.24. The monoisotopic (exact) mass is 381 g/mol. The van der Waals surface area contributed by atoms with Crippen molar-refractivity contribution < 1.29 is 29.0 Å². The van der Waals surface area contributed by atoms with Crippen molar-refractivity contribution in [3.8, 4) is 11.5 Å². The largest absolute Gasteiger partial charge is 0.506 e. The topological polar surface area (TPSA) is 93.1 Å². The first-order chi connectivity index (χ1) is 13.3. The zero-order valence-electron chi connectivity index (χ0n) is 15.9. The Labute approximate surface area is 161 Å². The SMILES string of the molecule is COc1ccc(C(O)=C2C(=O)N(C(C)=O)c3ccc(C(C)=O)cc32)cc1OC. The molecule has 0 radical (unpaired) electrons. The van der Waals surface area contributed by atoms with Gasteiger partial charge in [0.2, 0.25) is 5.91 Å². The normalized spacial score (nSPS) is 14.6. The molecule has 2 aromatic rings. The van der Waals surface area contributed by atoms with E-state index in [9.17, 15) is 19.5 Å². The van der Waals surface area contributed by atoms with Gasteiger partial charge in [0.25, 0.3) is 5.91 Å². The lowest BCUT2D eigenvalue weighted by molar-refractivity contribution is -0.122. The summed E-state index contributed by atoms with van der Waals surface area (Å²) in [6.07, 6.45) is 0. The summed E-state index contributed by atoms with van der Waals surface area (Å²) in [4.78, 5) is 37.7. The molecule has 0 unspecified atom stereocenters. The van der Waals surface area contributed by atoms with Gasteiger partial charge in [0.1, 0.15) is 5.76 Å². The van der Waals surface area contributed by atoms with Crippen LogP contribution in [0.2, 0.25) is 0 Å². The van der Waals surface area contributed by atoms with Gasteiger partial charge in [-0.3, -0.25) is 14.4 Å². The fourth-order valence-electron chi connectivity index (χ4n) is 3.16. The number of methoxy groups -OCH3 is 2. The van der Waals surface area contributed by atoms with Crippen LogP contribution in [0.25, 0.3) is 11.3 Å². The number of benzene rings is 2. The minimum Gasteiger partial charge on any atom is -0.506 e. The van der Waals surface area contributed by atoms with Crippen LogP contribution in [-0.4, -0.2) is 36.9 Å². The molecule has 3 rings (SSSR count). The number of nitrogens with zero attached hydrogens (tertiary/aromatic N) is 1. The number of rotatable bonds is 4. The van der Waals surface area contributed by atoms with Crippen LogP contribution in [0, 0.1) is 0 Å². The molecular weight excluding hydrogens is 362 g/mol. The Morgan fingerprint density at radius 1 is 0.929 bits per heavy atom. The van der Waals surface area contributed by atoms with Gasteiger partial charge in [-0.1, -0.05) is 0 Å². The molecule has 0 saturated heterocycles. The fourth-order valence-corrected chi connectivity index (χ4v) is 3.16. The van der Waals surface area contributed by atoms with Crippen molar-refractivity contribution in [1.29, 1.82) is 0 Å². The Bertz CT molecular complexity index is 1040. The van der Waals surface area contributed by atoms with Crippen molar-refractivity contribution in [2.45, 2.75) is 13.8 Å². The summed E-state index contributed by atoms with van der Waals surface area (Å²) in [6, 6.07) is 9.27. The number of anilines is 1. The van der Waals surface area contributed by atoms with Crippen LogP contribution in [0.3, 0.4) is 0 Å². The number of aliphatic hydroxyl groups excluding tert-OH is 1. The third-order valence-electron chi connectivity index (χ3n) is 4.54. The van der Waals surface area contributed by atoms with Crippen LogP contribution in [0.5, 0.6) is 11.5 Å². The van der Waals surface area contributed by atoms with Crippen molar-refractivity contribution >= 4 is 34.6 Å². The lowest BCUT2D eigenvalue weighted by Gasteiger charge is -2.12. The van der Waals surface area contributed by atoms with E-state index in [1.54, 1.807) is 18.2 Å². The summed E-state index contributed by atoms with van der Waals surface area (Å²) < 4.78 is 10.4. The smallest absolute Gasteiger partial charge is 0.269 e. The molecule has 1 heterocycles. The fraction of sp³-hybridized carbons (Fsp3) is 0.190. The van der Waals surface area contributed by atoms with Crippen LogP contribution >= 0.6 is 0 Å². The van der Waals surface area contributed by atoms with E-state index in [0.717, 1.165) is 4.90 Å². The Kier molecular flexibility index (Phi) is 4.92. The minimum absolute atomic E-state index is 0.0551. The number of amides is 2. The Hall–Kier alpha value is -3.61. The van der Waals surface area contributed by atoms with E-state index < -0.39 is 11.8 Å². The van der Waals surface area contributed by atoms with E-state index in [4.69, 9.17) is 9.47 Å². The molecule has 0 aliphatic carbocycles. The van der Waals surface area contributed by atoms with Gasteiger partial charge in [-0.05, 0) is 43.3 Å². The molecule has 1 aliphatic rings. The lowest BCUT2D eigenvalue weighted by atomic mass is 9.99. The lowest BCUT2D eigenvalue weighted by Crippen LogP contribution is -2.31. The second-order valence-corrected chi connectivity index (χ2v) is 6.24. The zero-order chi connectivity index (χ0) is 20.6. The van der Waals surface area contributed by atoms with Crippen molar-refractivity contribution in [2.75, 3.05) is 19.1 Å².